The number of aromatic carboxylic acids is 1. The second-order valence-corrected chi connectivity index (χ2v) is 3.83. The molecule has 0 spiro atoms. The van der Waals surface area contributed by atoms with Crippen LogP contribution in [0.15, 0.2) is 30.9 Å². The number of nitrogens with one attached hydrogen (secondary N) is 1. The van der Waals surface area contributed by atoms with Gasteiger partial charge in [-0.15, -0.1) is 0 Å². The van der Waals surface area contributed by atoms with Crippen LogP contribution in [0.1, 0.15) is 10.4 Å². The van der Waals surface area contributed by atoms with Gasteiger partial charge in [-0.25, -0.2) is 19.2 Å². The summed E-state index contributed by atoms with van der Waals surface area (Å²) in [7, 11) is 0. The molecule has 2 heterocycles. The third-order valence-corrected chi connectivity index (χ3v) is 2.57. The van der Waals surface area contributed by atoms with Crippen molar-refractivity contribution in [1.29, 1.82) is 0 Å². The molecule has 0 saturated carbocycles. The number of halogens is 1. The fourth-order valence-electron chi connectivity index (χ4n) is 1.68. The summed E-state index contributed by atoms with van der Waals surface area (Å²) in [5, 5.41) is 9.04. The summed E-state index contributed by atoms with van der Waals surface area (Å²) in [5.41, 5.74) is 0.512. The van der Waals surface area contributed by atoms with Crippen LogP contribution in [0.2, 0.25) is 0 Å². The van der Waals surface area contributed by atoms with Gasteiger partial charge in [0.2, 0.25) is 5.88 Å². The van der Waals surface area contributed by atoms with Crippen LogP contribution in [0.3, 0.4) is 0 Å². The first-order chi connectivity index (χ1) is 9.65. The van der Waals surface area contributed by atoms with Crippen molar-refractivity contribution < 1.29 is 19.0 Å². The SMILES string of the molecule is O=C(O)c1cc(F)ccc1Oc1ncnc2nc[nH]c12. The maximum Gasteiger partial charge on any atom is 0.339 e. The van der Waals surface area contributed by atoms with Gasteiger partial charge in [0, 0.05) is 0 Å². The molecule has 0 aliphatic heterocycles. The summed E-state index contributed by atoms with van der Waals surface area (Å²) in [6.07, 6.45) is 2.65. The van der Waals surface area contributed by atoms with E-state index in [0.717, 1.165) is 12.1 Å². The molecule has 3 aromatic rings. The minimum Gasteiger partial charge on any atom is -0.478 e. The molecule has 3 rings (SSSR count). The summed E-state index contributed by atoms with van der Waals surface area (Å²) < 4.78 is 18.5. The van der Waals surface area contributed by atoms with Crippen LogP contribution in [0.4, 0.5) is 4.39 Å². The van der Waals surface area contributed by atoms with Crippen LogP contribution >= 0.6 is 0 Å². The lowest BCUT2D eigenvalue weighted by Crippen LogP contribution is -2.02. The zero-order chi connectivity index (χ0) is 14.1. The largest absolute Gasteiger partial charge is 0.478 e. The lowest BCUT2D eigenvalue weighted by Gasteiger charge is -2.08. The molecule has 0 bridgehead atoms. The van der Waals surface area contributed by atoms with Crippen LogP contribution in [-0.4, -0.2) is 31.0 Å². The Hall–Kier alpha value is -3.03. The van der Waals surface area contributed by atoms with Gasteiger partial charge in [-0.2, -0.15) is 4.98 Å². The summed E-state index contributed by atoms with van der Waals surface area (Å²) >= 11 is 0. The summed E-state index contributed by atoms with van der Waals surface area (Å²) in [4.78, 5) is 25.6. The van der Waals surface area contributed by atoms with Gasteiger partial charge in [0.05, 0.1) is 6.33 Å². The molecule has 0 aliphatic carbocycles. The van der Waals surface area contributed by atoms with Crippen molar-refractivity contribution in [2.75, 3.05) is 0 Å². The molecule has 100 valence electrons. The smallest absolute Gasteiger partial charge is 0.339 e. The fourth-order valence-corrected chi connectivity index (χ4v) is 1.68. The Kier molecular flexibility index (Phi) is 2.75. The lowest BCUT2D eigenvalue weighted by atomic mass is 10.2. The Balaban J connectivity index is 2.07. The Morgan fingerprint density at radius 1 is 1.30 bits per heavy atom. The maximum absolute atomic E-state index is 13.1. The van der Waals surface area contributed by atoms with E-state index < -0.39 is 11.8 Å². The third-order valence-electron chi connectivity index (χ3n) is 2.57. The van der Waals surface area contributed by atoms with Gasteiger partial charge in [-0.3, -0.25) is 0 Å². The Morgan fingerprint density at radius 2 is 2.15 bits per heavy atom. The molecule has 0 amide bonds. The number of H-pyrrole nitrogens is 1. The molecule has 7 nitrogen and oxygen atoms in total. The quantitative estimate of drug-likeness (QED) is 0.757. The second-order valence-electron chi connectivity index (χ2n) is 3.83. The average molecular weight is 274 g/mol. The predicted octanol–water partition coefficient (Wildman–Crippen LogP) is 1.98. The number of fused-ring (bicyclic) bond motifs is 1. The van der Waals surface area contributed by atoms with Crippen molar-refractivity contribution in [3.8, 4) is 11.6 Å². The van der Waals surface area contributed by atoms with Gasteiger partial charge in [0.1, 0.15) is 29.0 Å². The van der Waals surface area contributed by atoms with Crippen LogP contribution in [-0.2, 0) is 0 Å². The molecule has 0 aliphatic rings. The Bertz CT molecular complexity index is 802. The van der Waals surface area contributed by atoms with E-state index in [4.69, 9.17) is 9.84 Å². The normalized spacial score (nSPS) is 10.7. The van der Waals surface area contributed by atoms with E-state index in [2.05, 4.69) is 19.9 Å². The van der Waals surface area contributed by atoms with Crippen LogP contribution in [0.25, 0.3) is 11.2 Å². The molecule has 0 radical (unpaired) electrons. The van der Waals surface area contributed by atoms with Crippen molar-refractivity contribution in [3.05, 3.63) is 42.2 Å². The highest BCUT2D eigenvalue weighted by Crippen LogP contribution is 2.27. The number of carboxylic acid groups (broad SMARTS) is 1. The predicted molar refractivity (Wildman–Crippen MR) is 65.1 cm³/mol. The number of nitrogens with zero attached hydrogens (tertiary/aromatic N) is 3. The number of imidazole rings is 1. The number of aromatic amines is 1. The van der Waals surface area contributed by atoms with E-state index in [-0.39, 0.29) is 17.2 Å². The second kappa shape index (κ2) is 4.57. The molecule has 0 atom stereocenters. The van der Waals surface area contributed by atoms with E-state index in [0.29, 0.717) is 11.2 Å². The number of aromatic nitrogens is 4. The molecule has 0 fully saturated rings. The minimum absolute atomic E-state index is 0.0199. The fraction of sp³-hybridized carbons (Fsp3) is 0. The standard InChI is InChI=1S/C12H7FN4O3/c13-6-1-2-8(7(3-6)12(18)19)20-11-9-10(15-4-14-9)16-5-17-11/h1-5H,(H,18,19)(H,14,15,16,17). The van der Waals surface area contributed by atoms with E-state index in [1.165, 1.54) is 18.7 Å². The first-order valence-electron chi connectivity index (χ1n) is 5.50. The maximum atomic E-state index is 13.1. The molecule has 1 aromatic carbocycles. The number of benzene rings is 1. The van der Waals surface area contributed by atoms with Crippen molar-refractivity contribution in [1.82, 2.24) is 19.9 Å². The summed E-state index contributed by atoms with van der Waals surface area (Å²) in [6.45, 7) is 0. The highest BCUT2D eigenvalue weighted by Gasteiger charge is 2.16. The van der Waals surface area contributed by atoms with E-state index in [9.17, 15) is 9.18 Å². The van der Waals surface area contributed by atoms with Crippen LogP contribution < -0.4 is 4.74 Å². The van der Waals surface area contributed by atoms with Crippen molar-refractivity contribution >= 4 is 17.1 Å². The third kappa shape index (κ3) is 2.03. The lowest BCUT2D eigenvalue weighted by molar-refractivity contribution is 0.0693. The van der Waals surface area contributed by atoms with Gasteiger partial charge in [0.15, 0.2) is 5.65 Å². The van der Waals surface area contributed by atoms with E-state index in [1.54, 1.807) is 0 Å². The summed E-state index contributed by atoms with van der Waals surface area (Å²) in [5.74, 6) is -1.87. The van der Waals surface area contributed by atoms with Gasteiger partial charge in [-0.05, 0) is 18.2 Å². The Labute approximate surface area is 111 Å². The first-order valence-corrected chi connectivity index (χ1v) is 5.50. The monoisotopic (exact) mass is 274 g/mol. The van der Waals surface area contributed by atoms with E-state index in [1.807, 2.05) is 0 Å². The van der Waals surface area contributed by atoms with Crippen molar-refractivity contribution in [3.63, 3.8) is 0 Å². The van der Waals surface area contributed by atoms with Gasteiger partial charge < -0.3 is 14.8 Å². The highest BCUT2D eigenvalue weighted by molar-refractivity contribution is 5.91. The number of ether oxygens (including phenoxy) is 1. The van der Waals surface area contributed by atoms with Crippen LogP contribution in [0, 0.1) is 5.82 Å². The number of rotatable bonds is 3. The number of carboxylic acids is 1. The molecule has 0 saturated heterocycles. The van der Waals surface area contributed by atoms with Gasteiger partial charge in [0.25, 0.3) is 0 Å². The zero-order valence-corrected chi connectivity index (χ0v) is 9.87. The zero-order valence-electron chi connectivity index (χ0n) is 9.87. The summed E-state index contributed by atoms with van der Waals surface area (Å²) in [6, 6.07) is 3.21. The molecule has 8 heteroatoms. The topological polar surface area (TPSA) is 101 Å². The molecule has 20 heavy (non-hydrogen) atoms. The number of hydrogen-bond acceptors (Lipinski definition) is 5. The van der Waals surface area contributed by atoms with Gasteiger partial charge in [-0.1, -0.05) is 0 Å². The Morgan fingerprint density at radius 3 is 2.95 bits per heavy atom. The van der Waals surface area contributed by atoms with Crippen molar-refractivity contribution in [2.24, 2.45) is 0 Å². The average Bonchev–Trinajstić information content (AvgIpc) is 2.90. The highest BCUT2D eigenvalue weighted by atomic mass is 19.1. The van der Waals surface area contributed by atoms with E-state index >= 15 is 0 Å². The molecule has 2 N–H and O–H groups in total. The van der Waals surface area contributed by atoms with Crippen LogP contribution in [0.5, 0.6) is 11.6 Å². The number of carbonyl (C=O) groups is 1. The molecular weight excluding hydrogens is 267 g/mol. The molecule has 2 aromatic heterocycles. The molecular formula is C12H7FN4O3. The van der Waals surface area contributed by atoms with Crippen molar-refractivity contribution in [2.45, 2.75) is 0 Å². The number of hydrogen-bond donors (Lipinski definition) is 2. The first kappa shape index (κ1) is 12.0. The van der Waals surface area contributed by atoms with Gasteiger partial charge >= 0.3 is 5.97 Å². The minimum atomic E-state index is -1.30. The molecule has 0 unspecified atom stereocenters.